The Balaban J connectivity index is 2.22. The molecule has 0 saturated heterocycles. The van der Waals surface area contributed by atoms with Crippen LogP contribution in [0.5, 0.6) is 5.75 Å². The first-order valence-corrected chi connectivity index (χ1v) is 7.55. The van der Waals surface area contributed by atoms with Gasteiger partial charge in [-0.3, -0.25) is 0 Å². The molecule has 0 aliphatic rings. The number of benzene rings is 1. The highest BCUT2D eigenvalue weighted by molar-refractivity contribution is 9.10. The molecule has 5 heteroatoms. The topological polar surface area (TPSA) is 21.3 Å². The number of halogens is 2. The van der Waals surface area contributed by atoms with Gasteiger partial charge in [-0.1, -0.05) is 6.07 Å². The summed E-state index contributed by atoms with van der Waals surface area (Å²) in [5.74, 6) is -0.0543. The highest BCUT2D eigenvalue weighted by Gasteiger charge is 2.15. The molecule has 2 nitrogen and oxygen atoms in total. The fraction of sp³-hybridized carbons (Fsp3) is 0.286. The van der Waals surface area contributed by atoms with E-state index in [-0.39, 0.29) is 17.6 Å². The Hall–Kier alpha value is -0.910. The summed E-state index contributed by atoms with van der Waals surface area (Å²) in [6.07, 6.45) is 0.820. The number of rotatable bonds is 5. The Morgan fingerprint density at radius 3 is 2.74 bits per heavy atom. The van der Waals surface area contributed by atoms with Crippen molar-refractivity contribution in [1.82, 2.24) is 5.32 Å². The van der Waals surface area contributed by atoms with Gasteiger partial charge in [0.05, 0.1) is 7.11 Å². The fourth-order valence-corrected chi connectivity index (χ4v) is 3.50. The highest BCUT2D eigenvalue weighted by Crippen LogP contribution is 2.29. The average molecular weight is 344 g/mol. The molecule has 2 rings (SSSR count). The van der Waals surface area contributed by atoms with Gasteiger partial charge in [0, 0.05) is 21.8 Å². The standard InChI is InChI=1S/C14H15BrFNOS/c1-17-12(8-14-10(15)5-6-19-14)9-3-4-13(18-2)11(16)7-9/h3-7,12,17H,8H2,1-2H3. The molecular weight excluding hydrogens is 329 g/mol. The van der Waals surface area contributed by atoms with E-state index in [0.717, 1.165) is 16.5 Å². The van der Waals surface area contributed by atoms with Crippen molar-refractivity contribution < 1.29 is 9.13 Å². The van der Waals surface area contributed by atoms with Crippen LogP contribution in [0.1, 0.15) is 16.5 Å². The lowest BCUT2D eigenvalue weighted by Crippen LogP contribution is -2.18. The molecule has 1 unspecified atom stereocenters. The summed E-state index contributed by atoms with van der Waals surface area (Å²) in [6, 6.07) is 7.20. The lowest BCUT2D eigenvalue weighted by Gasteiger charge is -2.17. The van der Waals surface area contributed by atoms with Gasteiger partial charge >= 0.3 is 0 Å². The third-order valence-electron chi connectivity index (χ3n) is 3.01. The second kappa shape index (κ2) is 6.50. The Morgan fingerprint density at radius 1 is 1.42 bits per heavy atom. The van der Waals surface area contributed by atoms with Gasteiger partial charge in [0.25, 0.3) is 0 Å². The van der Waals surface area contributed by atoms with Gasteiger partial charge in [-0.15, -0.1) is 11.3 Å². The lowest BCUT2D eigenvalue weighted by atomic mass is 10.0. The van der Waals surface area contributed by atoms with Crippen molar-refractivity contribution >= 4 is 27.3 Å². The smallest absolute Gasteiger partial charge is 0.165 e. The fourth-order valence-electron chi connectivity index (χ4n) is 1.94. The number of likely N-dealkylation sites (N-methyl/N-ethyl adjacent to an activating group) is 1. The van der Waals surface area contributed by atoms with E-state index in [4.69, 9.17) is 4.74 Å². The maximum atomic E-state index is 13.7. The minimum Gasteiger partial charge on any atom is -0.494 e. The van der Waals surface area contributed by atoms with Gasteiger partial charge in [-0.05, 0) is 52.1 Å². The van der Waals surface area contributed by atoms with Gasteiger partial charge in [0.2, 0.25) is 0 Å². The number of nitrogens with one attached hydrogen (secondary N) is 1. The van der Waals surface area contributed by atoms with Crippen molar-refractivity contribution in [2.45, 2.75) is 12.5 Å². The van der Waals surface area contributed by atoms with E-state index in [0.29, 0.717) is 0 Å². The number of ether oxygens (including phenoxy) is 1. The van der Waals surface area contributed by atoms with Crippen LogP contribution < -0.4 is 10.1 Å². The van der Waals surface area contributed by atoms with Gasteiger partial charge in [0.15, 0.2) is 11.6 Å². The highest BCUT2D eigenvalue weighted by atomic mass is 79.9. The van der Waals surface area contributed by atoms with E-state index in [2.05, 4.69) is 21.2 Å². The van der Waals surface area contributed by atoms with Crippen LogP contribution >= 0.6 is 27.3 Å². The van der Waals surface area contributed by atoms with E-state index < -0.39 is 0 Å². The van der Waals surface area contributed by atoms with Crippen LogP contribution in [0, 0.1) is 5.82 Å². The van der Waals surface area contributed by atoms with Crippen molar-refractivity contribution in [3.05, 3.63) is 50.4 Å². The third-order valence-corrected chi connectivity index (χ3v) is 4.96. The molecule has 0 radical (unpaired) electrons. The predicted octanol–water partition coefficient (Wildman–Crippen LogP) is 4.16. The van der Waals surface area contributed by atoms with Gasteiger partial charge in [-0.25, -0.2) is 4.39 Å². The van der Waals surface area contributed by atoms with Crippen LogP contribution in [-0.2, 0) is 6.42 Å². The quantitative estimate of drug-likeness (QED) is 0.879. The molecule has 102 valence electrons. The van der Waals surface area contributed by atoms with Crippen molar-refractivity contribution in [1.29, 1.82) is 0 Å². The average Bonchev–Trinajstić information content (AvgIpc) is 2.81. The molecule has 0 aliphatic carbocycles. The Bertz CT molecular complexity index is 558. The number of hydrogen-bond donors (Lipinski definition) is 1. The van der Waals surface area contributed by atoms with E-state index in [1.165, 1.54) is 18.1 Å². The number of methoxy groups -OCH3 is 1. The Kier molecular flexibility index (Phi) is 4.96. The van der Waals surface area contributed by atoms with Crippen LogP contribution in [0.15, 0.2) is 34.1 Å². The molecule has 0 fully saturated rings. The van der Waals surface area contributed by atoms with Gasteiger partial charge in [-0.2, -0.15) is 0 Å². The van der Waals surface area contributed by atoms with Crippen molar-refractivity contribution in [3.63, 3.8) is 0 Å². The summed E-state index contributed by atoms with van der Waals surface area (Å²) in [5, 5.41) is 5.27. The van der Waals surface area contributed by atoms with E-state index >= 15 is 0 Å². The Morgan fingerprint density at radius 2 is 2.21 bits per heavy atom. The third kappa shape index (κ3) is 3.35. The summed E-state index contributed by atoms with van der Waals surface area (Å²) in [7, 11) is 3.35. The largest absolute Gasteiger partial charge is 0.494 e. The van der Waals surface area contributed by atoms with Crippen molar-refractivity contribution in [3.8, 4) is 5.75 Å². The zero-order valence-electron chi connectivity index (χ0n) is 10.7. The summed E-state index contributed by atoms with van der Waals surface area (Å²) in [5.41, 5.74) is 0.918. The molecule has 0 saturated carbocycles. The predicted molar refractivity (Wildman–Crippen MR) is 80.5 cm³/mol. The second-order valence-corrected chi connectivity index (χ2v) is 5.99. The molecule has 1 aromatic heterocycles. The molecule has 19 heavy (non-hydrogen) atoms. The van der Waals surface area contributed by atoms with E-state index in [1.54, 1.807) is 17.4 Å². The van der Waals surface area contributed by atoms with Gasteiger partial charge < -0.3 is 10.1 Å². The van der Waals surface area contributed by atoms with E-state index in [9.17, 15) is 4.39 Å². The zero-order valence-corrected chi connectivity index (χ0v) is 13.1. The second-order valence-electron chi connectivity index (χ2n) is 4.13. The summed E-state index contributed by atoms with van der Waals surface area (Å²) >= 11 is 5.22. The summed E-state index contributed by atoms with van der Waals surface area (Å²) in [6.45, 7) is 0. The molecular formula is C14H15BrFNOS. The van der Waals surface area contributed by atoms with E-state index in [1.807, 2.05) is 24.6 Å². The first-order valence-electron chi connectivity index (χ1n) is 5.88. The molecule has 0 spiro atoms. The maximum Gasteiger partial charge on any atom is 0.165 e. The first kappa shape index (κ1) is 14.5. The monoisotopic (exact) mass is 343 g/mol. The molecule has 1 aromatic carbocycles. The lowest BCUT2D eigenvalue weighted by molar-refractivity contribution is 0.385. The molecule has 1 heterocycles. The minimum atomic E-state index is -0.328. The first-order chi connectivity index (χ1) is 9.15. The summed E-state index contributed by atoms with van der Waals surface area (Å²) < 4.78 is 19.8. The molecule has 0 amide bonds. The number of hydrogen-bond acceptors (Lipinski definition) is 3. The number of thiophene rings is 1. The molecule has 0 aliphatic heterocycles. The van der Waals surface area contributed by atoms with Crippen molar-refractivity contribution in [2.24, 2.45) is 0 Å². The van der Waals surface area contributed by atoms with Crippen LogP contribution in [-0.4, -0.2) is 14.2 Å². The van der Waals surface area contributed by atoms with Crippen LogP contribution in [0.3, 0.4) is 0 Å². The van der Waals surface area contributed by atoms with Crippen LogP contribution in [0.2, 0.25) is 0 Å². The minimum absolute atomic E-state index is 0.0790. The van der Waals surface area contributed by atoms with Crippen LogP contribution in [0.25, 0.3) is 0 Å². The SMILES string of the molecule is CNC(Cc1sccc1Br)c1ccc(OC)c(F)c1. The maximum absolute atomic E-state index is 13.7. The molecule has 2 aromatic rings. The summed E-state index contributed by atoms with van der Waals surface area (Å²) in [4.78, 5) is 1.25. The van der Waals surface area contributed by atoms with Crippen LogP contribution in [0.4, 0.5) is 4.39 Å². The molecule has 1 atom stereocenters. The zero-order chi connectivity index (χ0) is 13.8. The Labute approximate surface area is 124 Å². The molecule has 1 N–H and O–H groups in total. The van der Waals surface area contributed by atoms with Gasteiger partial charge in [0.1, 0.15) is 0 Å². The molecule has 0 bridgehead atoms. The normalized spacial score (nSPS) is 12.4. The van der Waals surface area contributed by atoms with Crippen molar-refractivity contribution in [2.75, 3.05) is 14.2 Å².